The molecule has 1 aromatic rings. The van der Waals surface area contributed by atoms with Crippen molar-refractivity contribution in [3.8, 4) is 0 Å². The Bertz CT molecular complexity index is 693. The molecule has 4 rings (SSSR count). The first kappa shape index (κ1) is 16.9. The highest BCUT2D eigenvalue weighted by Crippen LogP contribution is 2.53. The smallest absolute Gasteiger partial charge is 0.385 e. The minimum absolute atomic E-state index is 0.0544. The van der Waals surface area contributed by atoms with Crippen LogP contribution in [-0.4, -0.2) is 12.6 Å². The molecule has 136 valence electrons. The Balaban J connectivity index is 1.47. The van der Waals surface area contributed by atoms with Gasteiger partial charge >= 0.3 is 6.18 Å². The van der Waals surface area contributed by atoms with Crippen molar-refractivity contribution in [3.05, 3.63) is 41.2 Å². The molecule has 3 aliphatic carbocycles. The van der Waals surface area contributed by atoms with Crippen molar-refractivity contribution in [1.82, 2.24) is 0 Å². The maximum Gasteiger partial charge on any atom is 0.419 e. The van der Waals surface area contributed by atoms with Crippen LogP contribution in [0.25, 0.3) is 0 Å². The lowest BCUT2D eigenvalue weighted by Gasteiger charge is -2.28. The Morgan fingerprint density at radius 2 is 1.84 bits per heavy atom. The van der Waals surface area contributed by atoms with Crippen molar-refractivity contribution >= 4 is 5.69 Å². The van der Waals surface area contributed by atoms with Gasteiger partial charge in [0.15, 0.2) is 0 Å². The van der Waals surface area contributed by atoms with E-state index in [1.54, 1.807) is 0 Å². The summed E-state index contributed by atoms with van der Waals surface area (Å²) in [6.45, 7) is 0.521. The van der Waals surface area contributed by atoms with Crippen molar-refractivity contribution in [3.63, 3.8) is 0 Å². The fraction of sp³-hybridized carbons (Fsp3) is 0.579. The van der Waals surface area contributed by atoms with E-state index in [2.05, 4.69) is 11.4 Å². The minimum Gasteiger partial charge on any atom is -0.385 e. The van der Waals surface area contributed by atoms with E-state index in [0.717, 1.165) is 25.0 Å². The van der Waals surface area contributed by atoms with E-state index in [1.165, 1.54) is 24.5 Å². The molecule has 3 unspecified atom stereocenters. The Morgan fingerprint density at radius 3 is 2.52 bits per heavy atom. The Hall–Kier alpha value is -1.56. The summed E-state index contributed by atoms with van der Waals surface area (Å²) in [6, 6.07) is 3.11. The molecular formula is C19H22F4N2. The monoisotopic (exact) mass is 354 g/mol. The predicted octanol–water partition coefficient (Wildman–Crippen LogP) is 4.58. The minimum atomic E-state index is -4.69. The second-order valence-corrected chi connectivity index (χ2v) is 7.61. The van der Waals surface area contributed by atoms with Crippen molar-refractivity contribution in [1.29, 1.82) is 0 Å². The number of hydrogen-bond acceptors (Lipinski definition) is 2. The first-order valence-electron chi connectivity index (χ1n) is 8.92. The molecule has 0 aliphatic heterocycles. The predicted molar refractivity (Wildman–Crippen MR) is 88.4 cm³/mol. The van der Waals surface area contributed by atoms with Crippen molar-refractivity contribution < 1.29 is 17.6 Å². The Morgan fingerprint density at radius 1 is 1.12 bits per heavy atom. The largest absolute Gasteiger partial charge is 0.419 e. The maximum atomic E-state index is 13.4. The van der Waals surface area contributed by atoms with E-state index in [9.17, 15) is 17.6 Å². The summed E-state index contributed by atoms with van der Waals surface area (Å²) in [5, 5.41) is 3.06. The average molecular weight is 354 g/mol. The van der Waals surface area contributed by atoms with Gasteiger partial charge in [-0.15, -0.1) is 0 Å². The molecular weight excluding hydrogens is 332 g/mol. The van der Waals surface area contributed by atoms with E-state index in [4.69, 9.17) is 5.73 Å². The van der Waals surface area contributed by atoms with Gasteiger partial charge < -0.3 is 11.1 Å². The molecule has 4 atom stereocenters. The van der Waals surface area contributed by atoms with Crippen molar-refractivity contribution in [2.45, 2.75) is 37.9 Å². The van der Waals surface area contributed by atoms with E-state index in [0.29, 0.717) is 24.3 Å². The molecule has 3 saturated carbocycles. The molecule has 3 fully saturated rings. The van der Waals surface area contributed by atoms with E-state index < -0.39 is 17.6 Å². The fourth-order valence-corrected chi connectivity index (χ4v) is 4.56. The van der Waals surface area contributed by atoms with E-state index in [-0.39, 0.29) is 17.6 Å². The Kier molecular flexibility index (Phi) is 4.06. The number of allylic oxidation sites excluding steroid dienone is 1. The van der Waals surface area contributed by atoms with Gasteiger partial charge in [0.1, 0.15) is 5.82 Å². The second kappa shape index (κ2) is 6.01. The van der Waals surface area contributed by atoms with Crippen LogP contribution in [0.1, 0.15) is 31.2 Å². The van der Waals surface area contributed by atoms with Gasteiger partial charge in [0.25, 0.3) is 0 Å². The molecule has 0 amide bonds. The SMILES string of the molecule is NC1C2CCC(/C2=C/C2CC2)[C@@H]1CNc1ccc(F)c(C(F)(F)F)c1. The number of alkyl halides is 3. The first-order chi connectivity index (χ1) is 11.8. The van der Waals surface area contributed by atoms with Crippen LogP contribution in [0.5, 0.6) is 0 Å². The van der Waals surface area contributed by atoms with Gasteiger partial charge in [-0.05, 0) is 67.6 Å². The summed E-state index contributed by atoms with van der Waals surface area (Å²) in [4.78, 5) is 0. The highest BCUT2D eigenvalue weighted by Gasteiger charge is 2.49. The van der Waals surface area contributed by atoms with Crippen LogP contribution in [0.2, 0.25) is 0 Å². The number of halogens is 4. The van der Waals surface area contributed by atoms with Gasteiger partial charge in [-0.2, -0.15) is 13.2 Å². The maximum absolute atomic E-state index is 13.4. The zero-order valence-electron chi connectivity index (χ0n) is 13.8. The van der Waals surface area contributed by atoms with Crippen molar-refractivity contribution in [2.24, 2.45) is 29.4 Å². The molecule has 1 aromatic carbocycles. The number of anilines is 1. The van der Waals surface area contributed by atoms with Crippen LogP contribution in [0, 0.1) is 29.5 Å². The van der Waals surface area contributed by atoms with Crippen LogP contribution < -0.4 is 11.1 Å². The molecule has 2 nitrogen and oxygen atoms in total. The van der Waals surface area contributed by atoms with Gasteiger partial charge in [-0.1, -0.05) is 11.6 Å². The van der Waals surface area contributed by atoms with Gasteiger partial charge in [0, 0.05) is 18.3 Å². The third-order valence-electron chi connectivity index (χ3n) is 5.98. The molecule has 6 heteroatoms. The summed E-state index contributed by atoms with van der Waals surface area (Å²) in [7, 11) is 0. The second-order valence-electron chi connectivity index (χ2n) is 7.61. The molecule has 3 N–H and O–H groups in total. The zero-order chi connectivity index (χ0) is 17.8. The third-order valence-corrected chi connectivity index (χ3v) is 5.98. The van der Waals surface area contributed by atoms with Gasteiger partial charge in [-0.3, -0.25) is 0 Å². The Labute approximate surface area is 144 Å². The fourth-order valence-electron chi connectivity index (χ4n) is 4.56. The topological polar surface area (TPSA) is 38.0 Å². The van der Waals surface area contributed by atoms with Gasteiger partial charge in [-0.25, -0.2) is 4.39 Å². The number of benzene rings is 1. The molecule has 25 heavy (non-hydrogen) atoms. The molecule has 0 aromatic heterocycles. The van der Waals surface area contributed by atoms with Crippen LogP contribution in [0.3, 0.4) is 0 Å². The average Bonchev–Trinajstić information content (AvgIpc) is 3.22. The highest BCUT2D eigenvalue weighted by molar-refractivity contribution is 5.47. The van der Waals surface area contributed by atoms with E-state index >= 15 is 0 Å². The number of nitrogens with two attached hydrogens (primary N) is 1. The lowest BCUT2D eigenvalue weighted by molar-refractivity contribution is -0.139. The van der Waals surface area contributed by atoms with Gasteiger partial charge in [0.05, 0.1) is 5.56 Å². The summed E-state index contributed by atoms with van der Waals surface area (Å²) < 4.78 is 51.9. The molecule has 0 radical (unpaired) electrons. The van der Waals surface area contributed by atoms with Crippen molar-refractivity contribution in [2.75, 3.05) is 11.9 Å². The third kappa shape index (κ3) is 3.16. The molecule has 2 bridgehead atoms. The first-order valence-corrected chi connectivity index (χ1v) is 8.92. The summed E-state index contributed by atoms with van der Waals surface area (Å²) in [5.41, 5.74) is 6.96. The lowest BCUT2D eigenvalue weighted by atomic mass is 9.85. The number of hydrogen-bond donors (Lipinski definition) is 2. The van der Waals surface area contributed by atoms with Crippen LogP contribution in [-0.2, 0) is 6.18 Å². The van der Waals surface area contributed by atoms with Crippen LogP contribution >= 0.6 is 0 Å². The van der Waals surface area contributed by atoms with Crippen LogP contribution in [0.4, 0.5) is 23.2 Å². The number of nitrogens with one attached hydrogen (secondary N) is 1. The normalized spacial score (nSPS) is 33.2. The van der Waals surface area contributed by atoms with E-state index in [1.807, 2.05) is 0 Å². The zero-order valence-corrected chi connectivity index (χ0v) is 13.8. The number of fused-ring (bicyclic) bond motifs is 2. The lowest BCUT2D eigenvalue weighted by Crippen LogP contribution is -2.39. The molecule has 3 aliphatic rings. The quantitative estimate of drug-likeness (QED) is 0.614. The molecule has 0 saturated heterocycles. The standard InChI is InChI=1S/C19H22F4N2/c20-17-6-3-11(8-16(17)19(21,22)23)25-9-15-12-4-5-13(18(15)24)14(12)7-10-1-2-10/h3,6-8,10,12-13,15,18,25H,1-2,4-5,9,24H2/b14-7-/t12?,13?,15-,18?/m0/s1. The highest BCUT2D eigenvalue weighted by atomic mass is 19.4. The van der Waals surface area contributed by atoms with Crippen LogP contribution in [0.15, 0.2) is 29.8 Å². The van der Waals surface area contributed by atoms with Gasteiger partial charge in [0.2, 0.25) is 0 Å². The summed E-state index contributed by atoms with van der Waals surface area (Å²) >= 11 is 0. The summed E-state index contributed by atoms with van der Waals surface area (Å²) in [6.07, 6.45) is 2.47. The molecule has 0 spiro atoms. The number of rotatable bonds is 4. The molecule has 0 heterocycles. The summed E-state index contributed by atoms with van der Waals surface area (Å²) in [5.74, 6) is 0.558.